The van der Waals surface area contributed by atoms with Gasteiger partial charge in [0.05, 0.1) is 16.1 Å². The minimum atomic E-state index is -0.844. The van der Waals surface area contributed by atoms with Crippen LogP contribution in [-0.4, -0.2) is 28.1 Å². The molecule has 19 heavy (non-hydrogen) atoms. The molecular formula is C12H13ClN2O4. The highest BCUT2D eigenvalue weighted by Gasteiger charge is 2.34. The summed E-state index contributed by atoms with van der Waals surface area (Å²) in [6.07, 6.45) is 2.23. The quantitative estimate of drug-likeness (QED) is 0.652. The molecule has 0 saturated heterocycles. The molecule has 0 bridgehead atoms. The molecule has 1 aliphatic rings. The predicted octanol–water partition coefficient (Wildman–Crippen LogP) is 1.89. The van der Waals surface area contributed by atoms with Gasteiger partial charge in [0, 0.05) is 12.6 Å². The number of carbonyl (C=O) groups is 1. The van der Waals surface area contributed by atoms with Crippen molar-refractivity contribution in [1.29, 1.82) is 0 Å². The van der Waals surface area contributed by atoms with Crippen molar-refractivity contribution in [2.45, 2.75) is 24.9 Å². The molecule has 1 fully saturated rings. The summed E-state index contributed by atoms with van der Waals surface area (Å²) in [4.78, 5) is 22.0. The minimum absolute atomic E-state index is 0.0405. The Kier molecular flexibility index (Phi) is 3.73. The second kappa shape index (κ2) is 5.14. The lowest BCUT2D eigenvalue weighted by Crippen LogP contribution is -2.47. The highest BCUT2D eigenvalue weighted by Crippen LogP contribution is 2.31. The number of nitrogens with one attached hydrogen (secondary N) is 1. The van der Waals surface area contributed by atoms with Crippen molar-refractivity contribution in [3.8, 4) is 0 Å². The van der Waals surface area contributed by atoms with Gasteiger partial charge in [0.15, 0.2) is 0 Å². The first-order chi connectivity index (χ1) is 8.93. The number of nitrogens with zero attached hydrogens (tertiary/aromatic N) is 1. The Morgan fingerprint density at radius 2 is 2.21 bits per heavy atom. The van der Waals surface area contributed by atoms with Crippen LogP contribution < -0.4 is 5.32 Å². The molecule has 1 aliphatic carbocycles. The van der Waals surface area contributed by atoms with Gasteiger partial charge in [0.1, 0.15) is 5.02 Å². The van der Waals surface area contributed by atoms with Crippen LogP contribution in [0.4, 0.5) is 5.69 Å². The van der Waals surface area contributed by atoms with Gasteiger partial charge in [-0.3, -0.25) is 14.9 Å². The monoisotopic (exact) mass is 284 g/mol. The van der Waals surface area contributed by atoms with Gasteiger partial charge in [0.25, 0.3) is 11.6 Å². The number of amides is 1. The zero-order chi connectivity index (χ0) is 14.0. The van der Waals surface area contributed by atoms with Crippen LogP contribution in [0.3, 0.4) is 0 Å². The van der Waals surface area contributed by atoms with Crippen LogP contribution in [0.25, 0.3) is 0 Å². The highest BCUT2D eigenvalue weighted by molar-refractivity contribution is 6.35. The molecule has 0 unspecified atom stereocenters. The van der Waals surface area contributed by atoms with Crippen molar-refractivity contribution in [2.24, 2.45) is 0 Å². The Bertz CT molecular complexity index is 528. The molecule has 0 heterocycles. The third-order valence-corrected chi connectivity index (χ3v) is 3.68. The standard InChI is InChI=1S/C12H13ClN2O4/c13-10-8(3-1-4-9(10)15(18)19)11(16)14-7-12(17)5-2-6-12/h1,3-4,17H,2,5-7H2,(H,14,16). The van der Waals surface area contributed by atoms with E-state index in [1.54, 1.807) is 0 Å². The van der Waals surface area contributed by atoms with E-state index < -0.39 is 16.4 Å². The summed E-state index contributed by atoms with van der Waals surface area (Å²) in [7, 11) is 0. The van der Waals surface area contributed by atoms with Crippen LogP contribution in [0.5, 0.6) is 0 Å². The average Bonchev–Trinajstić information content (AvgIpc) is 2.33. The maximum Gasteiger partial charge on any atom is 0.288 e. The first-order valence-electron chi connectivity index (χ1n) is 5.86. The van der Waals surface area contributed by atoms with Gasteiger partial charge < -0.3 is 10.4 Å². The summed E-state index contributed by atoms with van der Waals surface area (Å²) in [6, 6.07) is 4.05. The van der Waals surface area contributed by atoms with Gasteiger partial charge in [-0.2, -0.15) is 0 Å². The van der Waals surface area contributed by atoms with Crippen molar-refractivity contribution in [2.75, 3.05) is 6.54 Å². The fourth-order valence-electron chi connectivity index (χ4n) is 1.94. The van der Waals surface area contributed by atoms with E-state index in [4.69, 9.17) is 11.6 Å². The van der Waals surface area contributed by atoms with Crippen molar-refractivity contribution >= 4 is 23.2 Å². The second-order valence-electron chi connectivity index (χ2n) is 4.66. The molecule has 0 atom stereocenters. The lowest BCUT2D eigenvalue weighted by atomic mass is 9.80. The first kappa shape index (κ1) is 13.8. The van der Waals surface area contributed by atoms with Crippen molar-refractivity contribution in [3.63, 3.8) is 0 Å². The van der Waals surface area contributed by atoms with E-state index in [0.717, 1.165) is 6.42 Å². The molecule has 0 radical (unpaired) electrons. The fraction of sp³-hybridized carbons (Fsp3) is 0.417. The molecule has 2 rings (SSSR count). The average molecular weight is 285 g/mol. The molecule has 0 spiro atoms. The normalized spacial score (nSPS) is 16.5. The number of halogens is 1. The minimum Gasteiger partial charge on any atom is -0.388 e. The molecule has 0 aliphatic heterocycles. The van der Waals surface area contributed by atoms with Gasteiger partial charge in [-0.15, -0.1) is 0 Å². The Labute approximate surface area is 114 Å². The maximum atomic E-state index is 11.9. The van der Waals surface area contributed by atoms with Crippen molar-refractivity contribution < 1.29 is 14.8 Å². The molecule has 7 heteroatoms. The van der Waals surface area contributed by atoms with Gasteiger partial charge in [0.2, 0.25) is 0 Å². The Hall–Kier alpha value is -1.66. The summed E-state index contributed by atoms with van der Waals surface area (Å²) < 4.78 is 0. The number of hydrogen-bond donors (Lipinski definition) is 2. The number of carbonyl (C=O) groups excluding carboxylic acids is 1. The molecule has 102 valence electrons. The number of hydrogen-bond acceptors (Lipinski definition) is 4. The third-order valence-electron chi connectivity index (χ3n) is 3.28. The molecule has 1 aromatic rings. The van der Waals surface area contributed by atoms with Crippen molar-refractivity contribution in [1.82, 2.24) is 5.32 Å². The SMILES string of the molecule is O=C(NCC1(O)CCC1)c1cccc([N+](=O)[O-])c1Cl. The van der Waals surface area contributed by atoms with E-state index in [9.17, 15) is 20.0 Å². The van der Waals surface area contributed by atoms with Crippen LogP contribution in [0.2, 0.25) is 5.02 Å². The third kappa shape index (κ3) is 2.85. The first-order valence-corrected chi connectivity index (χ1v) is 6.24. The van der Waals surface area contributed by atoms with Crippen LogP contribution in [-0.2, 0) is 0 Å². The van der Waals surface area contributed by atoms with E-state index in [2.05, 4.69) is 5.32 Å². The molecule has 0 aromatic heterocycles. The van der Waals surface area contributed by atoms with E-state index in [-0.39, 0.29) is 22.8 Å². The van der Waals surface area contributed by atoms with Gasteiger partial charge in [-0.05, 0) is 25.3 Å². The number of aliphatic hydroxyl groups is 1. The van der Waals surface area contributed by atoms with Crippen molar-refractivity contribution in [3.05, 3.63) is 38.9 Å². The predicted molar refractivity (Wildman–Crippen MR) is 69.2 cm³/mol. The van der Waals surface area contributed by atoms with Crippen LogP contribution in [0.1, 0.15) is 29.6 Å². The smallest absolute Gasteiger partial charge is 0.288 e. The van der Waals surface area contributed by atoms with Crippen LogP contribution >= 0.6 is 11.6 Å². The Morgan fingerprint density at radius 3 is 2.74 bits per heavy atom. The summed E-state index contributed by atoms with van der Waals surface area (Å²) >= 11 is 5.83. The van der Waals surface area contributed by atoms with E-state index in [0.29, 0.717) is 12.8 Å². The Morgan fingerprint density at radius 1 is 1.53 bits per heavy atom. The number of nitro benzene ring substituents is 1. The molecule has 6 nitrogen and oxygen atoms in total. The maximum absolute atomic E-state index is 11.9. The van der Waals surface area contributed by atoms with Crippen LogP contribution in [0, 0.1) is 10.1 Å². The molecular weight excluding hydrogens is 272 g/mol. The zero-order valence-electron chi connectivity index (χ0n) is 10.1. The van der Waals surface area contributed by atoms with Gasteiger partial charge in [-0.1, -0.05) is 17.7 Å². The molecule has 1 amide bonds. The van der Waals surface area contributed by atoms with E-state index >= 15 is 0 Å². The van der Waals surface area contributed by atoms with Gasteiger partial charge in [-0.25, -0.2) is 0 Å². The van der Waals surface area contributed by atoms with Gasteiger partial charge >= 0.3 is 0 Å². The zero-order valence-corrected chi connectivity index (χ0v) is 10.8. The fourth-order valence-corrected chi connectivity index (χ4v) is 2.22. The molecule has 1 aromatic carbocycles. The van der Waals surface area contributed by atoms with E-state index in [1.165, 1.54) is 18.2 Å². The lowest BCUT2D eigenvalue weighted by molar-refractivity contribution is -0.384. The Balaban J connectivity index is 2.10. The second-order valence-corrected chi connectivity index (χ2v) is 5.03. The molecule has 2 N–H and O–H groups in total. The lowest BCUT2D eigenvalue weighted by Gasteiger charge is -2.36. The topological polar surface area (TPSA) is 92.5 Å². The number of nitro groups is 1. The highest BCUT2D eigenvalue weighted by atomic mass is 35.5. The van der Waals surface area contributed by atoms with Crippen LogP contribution in [0.15, 0.2) is 18.2 Å². The summed E-state index contributed by atoms with van der Waals surface area (Å²) in [5, 5.41) is 22.9. The largest absolute Gasteiger partial charge is 0.388 e. The van der Waals surface area contributed by atoms with E-state index in [1.807, 2.05) is 0 Å². The number of rotatable bonds is 4. The number of benzene rings is 1. The summed E-state index contributed by atoms with van der Waals surface area (Å²) in [5.41, 5.74) is -1.11. The molecule has 1 saturated carbocycles. The summed E-state index contributed by atoms with van der Waals surface area (Å²) in [5.74, 6) is -0.519. The summed E-state index contributed by atoms with van der Waals surface area (Å²) in [6.45, 7) is 0.130.